The number of benzene rings is 1. The third-order valence-corrected chi connectivity index (χ3v) is 5.09. The second-order valence-corrected chi connectivity index (χ2v) is 8.85. The first-order valence-corrected chi connectivity index (χ1v) is 10.9. The second kappa shape index (κ2) is 13.1. The number of aliphatic imine (C=N–C) groups is 1. The van der Waals surface area contributed by atoms with Crippen LogP contribution in [0, 0.1) is 5.41 Å². The molecule has 1 aliphatic rings. The first-order valence-electron chi connectivity index (χ1n) is 10.5. The number of nitrogens with zero attached hydrogens (tertiary/aromatic N) is 3. The first-order chi connectivity index (χ1) is 14.2. The van der Waals surface area contributed by atoms with Gasteiger partial charge in [0.05, 0.1) is 13.0 Å². The van der Waals surface area contributed by atoms with Gasteiger partial charge >= 0.3 is 0 Å². The summed E-state index contributed by atoms with van der Waals surface area (Å²) in [5, 5.41) is 6.87. The van der Waals surface area contributed by atoms with E-state index in [4.69, 9.17) is 11.6 Å². The second-order valence-electron chi connectivity index (χ2n) is 8.42. The minimum atomic E-state index is -0.401. The molecule has 2 N–H and O–H groups in total. The molecule has 1 aliphatic heterocycles. The Morgan fingerprint density at radius 2 is 1.74 bits per heavy atom. The average molecular weight is 564 g/mol. The summed E-state index contributed by atoms with van der Waals surface area (Å²) in [7, 11) is 0. The molecule has 0 radical (unpaired) electrons. The molecule has 2 amide bonds. The number of guanidine groups is 1. The Kier molecular flexibility index (Phi) is 11.6. The normalized spacial score (nSPS) is 14.7. The van der Waals surface area contributed by atoms with Crippen molar-refractivity contribution in [2.24, 2.45) is 10.4 Å². The largest absolute Gasteiger partial charge is 0.357 e. The van der Waals surface area contributed by atoms with Crippen molar-refractivity contribution in [2.45, 2.75) is 34.1 Å². The van der Waals surface area contributed by atoms with Gasteiger partial charge in [0.1, 0.15) is 0 Å². The third-order valence-electron chi connectivity index (χ3n) is 4.85. The number of nitrogens with one attached hydrogen (secondary N) is 2. The number of hydrogen-bond donors (Lipinski definition) is 2. The van der Waals surface area contributed by atoms with E-state index in [1.54, 1.807) is 0 Å². The molecule has 1 saturated heterocycles. The van der Waals surface area contributed by atoms with Gasteiger partial charge in [-0.2, -0.15) is 0 Å². The van der Waals surface area contributed by atoms with E-state index in [1.807, 2.05) is 56.9 Å². The quantitative estimate of drug-likeness (QED) is 0.242. The van der Waals surface area contributed by atoms with Gasteiger partial charge < -0.3 is 20.4 Å². The Bertz CT molecular complexity index is 759. The highest BCUT2D eigenvalue weighted by Gasteiger charge is 2.23. The van der Waals surface area contributed by atoms with E-state index >= 15 is 0 Å². The lowest BCUT2D eigenvalue weighted by molar-refractivity contribution is -0.131. The zero-order chi connectivity index (χ0) is 22.1. The van der Waals surface area contributed by atoms with Crippen LogP contribution in [0.25, 0.3) is 0 Å². The molecule has 2 rings (SSSR count). The predicted molar refractivity (Wildman–Crippen MR) is 137 cm³/mol. The van der Waals surface area contributed by atoms with Crippen molar-refractivity contribution in [3.8, 4) is 0 Å². The molecular weight excluding hydrogens is 529 g/mol. The van der Waals surface area contributed by atoms with E-state index in [0.717, 1.165) is 31.2 Å². The van der Waals surface area contributed by atoms with Crippen molar-refractivity contribution in [3.05, 3.63) is 34.9 Å². The number of piperazine rings is 1. The van der Waals surface area contributed by atoms with Crippen LogP contribution in [0.3, 0.4) is 0 Å². The first kappa shape index (κ1) is 27.5. The lowest BCUT2D eigenvalue weighted by atomic mass is 9.96. The van der Waals surface area contributed by atoms with Gasteiger partial charge in [-0.25, -0.2) is 0 Å². The van der Waals surface area contributed by atoms with E-state index in [0.29, 0.717) is 37.6 Å². The van der Waals surface area contributed by atoms with Crippen molar-refractivity contribution >= 4 is 53.4 Å². The molecule has 9 heteroatoms. The highest BCUT2D eigenvalue weighted by atomic mass is 127. The van der Waals surface area contributed by atoms with Gasteiger partial charge in [0, 0.05) is 49.7 Å². The fourth-order valence-electron chi connectivity index (χ4n) is 3.12. The number of halogens is 2. The van der Waals surface area contributed by atoms with E-state index in [9.17, 15) is 9.59 Å². The predicted octanol–water partition coefficient (Wildman–Crippen LogP) is 2.77. The van der Waals surface area contributed by atoms with Gasteiger partial charge in [-0.1, -0.05) is 44.5 Å². The molecule has 7 nitrogen and oxygen atoms in total. The zero-order valence-corrected chi connectivity index (χ0v) is 22.0. The summed E-state index contributed by atoms with van der Waals surface area (Å²) in [4.78, 5) is 33.3. The fourth-order valence-corrected chi connectivity index (χ4v) is 3.34. The molecule has 1 aromatic rings. The minimum Gasteiger partial charge on any atom is -0.357 e. The number of carbonyl (C=O) groups excluding carboxylic acids is 2. The highest BCUT2D eigenvalue weighted by molar-refractivity contribution is 14.0. The van der Waals surface area contributed by atoms with Crippen LogP contribution in [0.5, 0.6) is 0 Å². The van der Waals surface area contributed by atoms with E-state index in [1.165, 1.54) is 0 Å². The summed E-state index contributed by atoms with van der Waals surface area (Å²) < 4.78 is 0. The number of amides is 2. The van der Waals surface area contributed by atoms with Crippen molar-refractivity contribution in [1.82, 2.24) is 20.4 Å². The molecule has 0 saturated carbocycles. The molecule has 1 aromatic carbocycles. The highest BCUT2D eigenvalue weighted by Crippen LogP contribution is 2.13. The van der Waals surface area contributed by atoms with Crippen LogP contribution >= 0.6 is 35.6 Å². The van der Waals surface area contributed by atoms with E-state index in [-0.39, 0.29) is 35.8 Å². The Hall–Kier alpha value is -1.55. The molecule has 0 unspecified atom stereocenters. The van der Waals surface area contributed by atoms with Crippen molar-refractivity contribution in [2.75, 3.05) is 45.8 Å². The summed E-state index contributed by atoms with van der Waals surface area (Å²) in [6.45, 7) is 12.2. The van der Waals surface area contributed by atoms with Crippen LogP contribution in [0.4, 0.5) is 0 Å². The number of hydrogen-bond acceptors (Lipinski definition) is 3. The maximum atomic E-state index is 12.6. The van der Waals surface area contributed by atoms with Crippen LogP contribution in [-0.2, 0) is 16.0 Å². The molecule has 1 heterocycles. The van der Waals surface area contributed by atoms with Crippen LogP contribution in [-0.4, -0.2) is 73.4 Å². The SMILES string of the molecule is CCNC(=NCCNC(=O)C(C)(C)C)N1CCN(C(=O)Cc2cccc(Cl)c2)CC1.I. The molecule has 0 aliphatic carbocycles. The van der Waals surface area contributed by atoms with Gasteiger partial charge in [-0.15, -0.1) is 24.0 Å². The summed E-state index contributed by atoms with van der Waals surface area (Å²) in [5.74, 6) is 0.961. The van der Waals surface area contributed by atoms with Crippen LogP contribution in [0.1, 0.15) is 33.3 Å². The smallest absolute Gasteiger partial charge is 0.227 e. The maximum absolute atomic E-state index is 12.6. The van der Waals surface area contributed by atoms with E-state index < -0.39 is 5.41 Å². The molecule has 31 heavy (non-hydrogen) atoms. The van der Waals surface area contributed by atoms with Crippen molar-refractivity contribution in [1.29, 1.82) is 0 Å². The standard InChI is InChI=1S/C22H34ClN5O2.HI/c1-5-24-21(26-10-9-25-20(30)22(2,3)4)28-13-11-27(12-14-28)19(29)16-17-7-6-8-18(23)15-17;/h6-8,15H,5,9-14,16H2,1-4H3,(H,24,26)(H,25,30);1H. The molecule has 0 bridgehead atoms. The summed E-state index contributed by atoms with van der Waals surface area (Å²) in [5.41, 5.74) is 0.532. The molecule has 0 atom stereocenters. The molecular formula is C22H35ClIN5O2. The molecule has 0 aromatic heterocycles. The Morgan fingerprint density at radius 1 is 1.10 bits per heavy atom. The van der Waals surface area contributed by atoms with Crippen molar-refractivity contribution in [3.63, 3.8) is 0 Å². The van der Waals surface area contributed by atoms with Gasteiger partial charge in [0.15, 0.2) is 5.96 Å². The number of carbonyl (C=O) groups is 2. The average Bonchev–Trinajstić information content (AvgIpc) is 2.69. The summed E-state index contributed by atoms with van der Waals surface area (Å²) >= 11 is 6.01. The lowest BCUT2D eigenvalue weighted by Gasteiger charge is -2.36. The van der Waals surface area contributed by atoms with E-state index in [2.05, 4.69) is 20.5 Å². The van der Waals surface area contributed by atoms with Crippen molar-refractivity contribution < 1.29 is 9.59 Å². The van der Waals surface area contributed by atoms with Gasteiger partial charge in [0.25, 0.3) is 0 Å². The van der Waals surface area contributed by atoms with Gasteiger partial charge in [0.2, 0.25) is 11.8 Å². The van der Waals surface area contributed by atoms with Crippen LogP contribution in [0.15, 0.2) is 29.3 Å². The number of rotatable bonds is 6. The van der Waals surface area contributed by atoms with Crippen LogP contribution < -0.4 is 10.6 Å². The van der Waals surface area contributed by atoms with Gasteiger partial charge in [-0.3, -0.25) is 14.6 Å². The molecule has 1 fully saturated rings. The summed E-state index contributed by atoms with van der Waals surface area (Å²) in [6.07, 6.45) is 0.363. The Morgan fingerprint density at radius 3 is 2.32 bits per heavy atom. The fraction of sp³-hybridized carbons (Fsp3) is 0.591. The summed E-state index contributed by atoms with van der Waals surface area (Å²) in [6, 6.07) is 7.44. The third kappa shape index (κ3) is 9.22. The monoisotopic (exact) mass is 563 g/mol. The molecule has 174 valence electrons. The van der Waals surface area contributed by atoms with Crippen LogP contribution in [0.2, 0.25) is 5.02 Å². The Balaban J connectivity index is 0.00000480. The maximum Gasteiger partial charge on any atom is 0.227 e. The Labute approximate surface area is 208 Å². The minimum absolute atomic E-state index is 0. The van der Waals surface area contributed by atoms with Gasteiger partial charge in [-0.05, 0) is 24.6 Å². The zero-order valence-electron chi connectivity index (χ0n) is 18.9. The lowest BCUT2D eigenvalue weighted by Crippen LogP contribution is -2.54. The molecule has 0 spiro atoms. The topological polar surface area (TPSA) is 77.0 Å².